The fourth-order valence-corrected chi connectivity index (χ4v) is 5.51. The minimum Gasteiger partial charge on any atom is -0.465 e. The van der Waals surface area contributed by atoms with Crippen molar-refractivity contribution in [3.8, 4) is 0 Å². The molecule has 3 nitrogen and oxygen atoms in total. The Balaban J connectivity index is 1.58. The predicted octanol–water partition coefficient (Wildman–Crippen LogP) is 3.60. The minimum absolute atomic E-state index is 0.0481. The monoisotopic (exact) mass is 307 g/mol. The van der Waals surface area contributed by atoms with E-state index in [1.807, 2.05) is 23.1 Å². The second-order valence-corrected chi connectivity index (χ2v) is 7.88. The number of carbonyl (C=O) groups excluding carboxylic acids is 1. The van der Waals surface area contributed by atoms with Crippen molar-refractivity contribution in [3.63, 3.8) is 0 Å². The molecule has 2 aliphatic carbocycles. The number of hydrogen-bond acceptors (Lipinski definition) is 4. The normalized spacial score (nSPS) is 38.4. The van der Waals surface area contributed by atoms with E-state index in [0.717, 1.165) is 16.6 Å². The molecule has 106 valence electrons. The van der Waals surface area contributed by atoms with Crippen LogP contribution in [-0.2, 0) is 4.79 Å². The fraction of sp³-hybridized carbons (Fsp3) is 0.533. The number of thioether (sulfide) groups is 1. The summed E-state index contributed by atoms with van der Waals surface area (Å²) in [5.74, 6) is 2.39. The molecule has 4 rings (SSSR count). The lowest BCUT2D eigenvalue weighted by Gasteiger charge is -2.33. The maximum Gasteiger partial charge on any atom is 0.262 e. The van der Waals surface area contributed by atoms with Crippen molar-refractivity contribution < 1.29 is 9.21 Å². The molecule has 1 aliphatic heterocycles. The summed E-state index contributed by atoms with van der Waals surface area (Å²) in [5.41, 5.74) is 0. The standard InChI is InChI=1S/C15H17NO2S2/c17-14-13(8-11-2-1-5-18-11)20-15(19)16(14)12-7-9-3-4-10(12)6-9/h1-2,5,8-10,12,15,19H,3-4,6-7H2/b13-8-. The van der Waals surface area contributed by atoms with Crippen LogP contribution >= 0.6 is 24.4 Å². The third-order valence-corrected chi connectivity index (χ3v) is 6.34. The van der Waals surface area contributed by atoms with E-state index in [9.17, 15) is 4.79 Å². The molecule has 1 amide bonds. The molecule has 5 heteroatoms. The van der Waals surface area contributed by atoms with Crippen molar-refractivity contribution in [1.82, 2.24) is 4.90 Å². The molecule has 20 heavy (non-hydrogen) atoms. The quantitative estimate of drug-likeness (QED) is 0.669. The first-order valence-electron chi connectivity index (χ1n) is 7.15. The Hall–Kier alpha value is -0.810. The molecule has 0 aromatic carbocycles. The molecule has 1 aromatic heterocycles. The van der Waals surface area contributed by atoms with Gasteiger partial charge in [0.05, 0.1) is 11.2 Å². The topological polar surface area (TPSA) is 33.5 Å². The Morgan fingerprint density at radius 2 is 2.30 bits per heavy atom. The van der Waals surface area contributed by atoms with Crippen molar-refractivity contribution in [2.45, 2.75) is 36.4 Å². The molecular weight excluding hydrogens is 290 g/mol. The third-order valence-electron chi connectivity index (χ3n) is 4.79. The molecule has 2 saturated carbocycles. The molecule has 1 aromatic rings. The number of nitrogens with zero attached hydrogens (tertiary/aromatic N) is 1. The van der Waals surface area contributed by atoms with Gasteiger partial charge in [0, 0.05) is 6.04 Å². The van der Waals surface area contributed by atoms with Crippen LogP contribution in [0.3, 0.4) is 0 Å². The van der Waals surface area contributed by atoms with E-state index in [2.05, 4.69) is 12.6 Å². The largest absolute Gasteiger partial charge is 0.465 e. The van der Waals surface area contributed by atoms with Crippen LogP contribution in [0.5, 0.6) is 0 Å². The Kier molecular flexibility index (Phi) is 3.15. The summed E-state index contributed by atoms with van der Waals surface area (Å²) in [6.45, 7) is 0. The highest BCUT2D eigenvalue weighted by molar-refractivity contribution is 8.14. The molecule has 1 saturated heterocycles. The van der Waals surface area contributed by atoms with Gasteiger partial charge in [0.15, 0.2) is 0 Å². The summed E-state index contributed by atoms with van der Waals surface area (Å²) >= 11 is 6.16. The summed E-state index contributed by atoms with van der Waals surface area (Å²) in [4.78, 5) is 15.4. The van der Waals surface area contributed by atoms with E-state index in [1.54, 1.807) is 6.26 Å². The lowest BCUT2D eigenvalue weighted by atomic mass is 9.94. The SMILES string of the molecule is O=C1/C(=C/c2ccco2)SC(S)N1C1CC2CCC1C2. The maximum atomic E-state index is 12.7. The van der Waals surface area contributed by atoms with Gasteiger partial charge in [0.1, 0.15) is 10.5 Å². The van der Waals surface area contributed by atoms with Gasteiger partial charge in [-0.2, -0.15) is 0 Å². The zero-order valence-electron chi connectivity index (χ0n) is 11.1. The van der Waals surface area contributed by atoms with Crippen molar-refractivity contribution in [3.05, 3.63) is 29.1 Å². The smallest absolute Gasteiger partial charge is 0.262 e. The average molecular weight is 307 g/mol. The molecule has 0 radical (unpaired) electrons. The van der Waals surface area contributed by atoms with Crippen LogP contribution in [0.15, 0.2) is 27.7 Å². The summed E-state index contributed by atoms with van der Waals surface area (Å²) in [6, 6.07) is 4.11. The lowest BCUT2D eigenvalue weighted by molar-refractivity contribution is -0.128. The molecule has 4 unspecified atom stereocenters. The number of furan rings is 1. The van der Waals surface area contributed by atoms with E-state index in [4.69, 9.17) is 4.42 Å². The highest BCUT2D eigenvalue weighted by atomic mass is 32.2. The fourth-order valence-electron chi connectivity index (χ4n) is 3.91. The minimum atomic E-state index is -0.0481. The Labute approximate surface area is 128 Å². The molecule has 0 N–H and O–H groups in total. The zero-order chi connectivity index (χ0) is 13.7. The van der Waals surface area contributed by atoms with Crippen LogP contribution in [0.2, 0.25) is 0 Å². The number of rotatable bonds is 2. The molecule has 2 heterocycles. The number of amides is 1. The van der Waals surface area contributed by atoms with Crippen molar-refractivity contribution in [2.75, 3.05) is 0 Å². The van der Waals surface area contributed by atoms with E-state index < -0.39 is 0 Å². The van der Waals surface area contributed by atoms with Gasteiger partial charge in [-0.25, -0.2) is 0 Å². The number of hydrogen-bond donors (Lipinski definition) is 1. The van der Waals surface area contributed by atoms with E-state index in [0.29, 0.717) is 12.0 Å². The Bertz CT molecular complexity index is 554. The van der Waals surface area contributed by atoms with Gasteiger partial charge in [-0.3, -0.25) is 4.79 Å². The van der Waals surface area contributed by atoms with E-state index in [1.165, 1.54) is 37.4 Å². The van der Waals surface area contributed by atoms with Gasteiger partial charge in [-0.05, 0) is 49.3 Å². The van der Waals surface area contributed by atoms with Crippen LogP contribution < -0.4 is 0 Å². The van der Waals surface area contributed by atoms with E-state index >= 15 is 0 Å². The van der Waals surface area contributed by atoms with Crippen LogP contribution in [0.1, 0.15) is 31.4 Å². The third kappa shape index (κ3) is 2.02. The summed E-state index contributed by atoms with van der Waals surface area (Å²) < 4.78 is 5.26. The zero-order valence-corrected chi connectivity index (χ0v) is 12.8. The highest BCUT2D eigenvalue weighted by Crippen LogP contribution is 2.51. The first kappa shape index (κ1) is 12.9. The summed E-state index contributed by atoms with van der Waals surface area (Å²) in [6.07, 6.45) is 8.56. The van der Waals surface area contributed by atoms with Crippen molar-refractivity contribution in [2.24, 2.45) is 11.8 Å². The molecule has 3 aliphatic rings. The molecule has 2 bridgehead atoms. The van der Waals surface area contributed by atoms with Gasteiger partial charge >= 0.3 is 0 Å². The van der Waals surface area contributed by atoms with Crippen molar-refractivity contribution >= 4 is 36.4 Å². The second-order valence-electron chi connectivity index (χ2n) is 5.92. The van der Waals surface area contributed by atoms with Crippen LogP contribution in [0, 0.1) is 11.8 Å². The van der Waals surface area contributed by atoms with Gasteiger partial charge in [-0.15, -0.1) is 12.6 Å². The maximum absolute atomic E-state index is 12.7. The highest BCUT2D eigenvalue weighted by Gasteiger charge is 2.48. The number of fused-ring (bicyclic) bond motifs is 2. The van der Waals surface area contributed by atoms with Crippen LogP contribution in [0.4, 0.5) is 0 Å². The predicted molar refractivity (Wildman–Crippen MR) is 83.1 cm³/mol. The summed E-state index contributed by atoms with van der Waals surface area (Å²) in [5, 5.41) is 0. The van der Waals surface area contributed by atoms with Gasteiger partial charge in [0.2, 0.25) is 0 Å². The van der Waals surface area contributed by atoms with Crippen LogP contribution in [-0.4, -0.2) is 21.6 Å². The Morgan fingerprint density at radius 1 is 1.40 bits per heavy atom. The lowest BCUT2D eigenvalue weighted by Crippen LogP contribution is -2.42. The van der Waals surface area contributed by atoms with E-state index in [-0.39, 0.29) is 10.6 Å². The molecule has 0 spiro atoms. The van der Waals surface area contributed by atoms with Crippen LogP contribution in [0.25, 0.3) is 6.08 Å². The Morgan fingerprint density at radius 3 is 2.95 bits per heavy atom. The van der Waals surface area contributed by atoms with Gasteiger partial charge in [0.25, 0.3) is 5.91 Å². The van der Waals surface area contributed by atoms with Crippen molar-refractivity contribution in [1.29, 1.82) is 0 Å². The number of thiol groups is 1. The van der Waals surface area contributed by atoms with Gasteiger partial charge < -0.3 is 9.32 Å². The summed E-state index contributed by atoms with van der Waals surface area (Å²) in [7, 11) is 0. The first-order chi connectivity index (χ1) is 9.72. The van der Waals surface area contributed by atoms with Gasteiger partial charge in [-0.1, -0.05) is 18.2 Å². The molecular formula is C15H17NO2S2. The average Bonchev–Trinajstić information content (AvgIpc) is 3.17. The first-order valence-corrected chi connectivity index (χ1v) is 8.54. The molecule has 4 atom stereocenters. The second kappa shape index (κ2) is 4.88. The number of carbonyl (C=O) groups is 1. The molecule has 3 fully saturated rings.